The number of halogens is 1. The minimum atomic E-state index is -4.05. The van der Waals surface area contributed by atoms with E-state index in [2.05, 4.69) is 9.46 Å². The zero-order chi connectivity index (χ0) is 15.5. The summed E-state index contributed by atoms with van der Waals surface area (Å²) < 4.78 is 44.1. The van der Waals surface area contributed by atoms with Crippen molar-refractivity contribution in [1.29, 1.82) is 0 Å². The molecule has 1 atom stereocenters. The lowest BCUT2D eigenvalue weighted by Crippen LogP contribution is -2.45. The molecule has 0 spiro atoms. The topological polar surface area (TPSA) is 98.5 Å². The molecule has 3 N–H and O–H groups in total. The summed E-state index contributed by atoms with van der Waals surface area (Å²) in [6, 6.07) is 1.88. The Kier molecular flexibility index (Phi) is 5.07. The van der Waals surface area contributed by atoms with E-state index in [9.17, 15) is 17.6 Å². The van der Waals surface area contributed by atoms with Crippen LogP contribution < -0.4 is 10.5 Å². The molecule has 0 fully saturated rings. The summed E-state index contributed by atoms with van der Waals surface area (Å²) in [6.07, 6.45) is 0. The fourth-order valence-corrected chi connectivity index (χ4v) is 3.02. The van der Waals surface area contributed by atoms with Gasteiger partial charge in [-0.15, -0.1) is 0 Å². The molecule has 0 aliphatic carbocycles. The third kappa shape index (κ3) is 3.67. The van der Waals surface area contributed by atoms with Crippen molar-refractivity contribution in [1.82, 2.24) is 4.72 Å². The average Bonchev–Trinajstić information content (AvgIpc) is 2.34. The molecule has 1 unspecified atom stereocenters. The first-order valence-corrected chi connectivity index (χ1v) is 7.32. The van der Waals surface area contributed by atoms with Crippen LogP contribution in [0.2, 0.25) is 0 Å². The summed E-state index contributed by atoms with van der Waals surface area (Å²) in [4.78, 5) is 11.3. The van der Waals surface area contributed by atoms with E-state index in [1.165, 1.54) is 0 Å². The molecule has 20 heavy (non-hydrogen) atoms. The number of nitrogen functional groups attached to an aromatic ring is 1. The van der Waals surface area contributed by atoms with Gasteiger partial charge < -0.3 is 10.5 Å². The second-order valence-corrected chi connectivity index (χ2v) is 6.23. The number of hydrogen-bond donors (Lipinski definition) is 2. The molecule has 0 saturated heterocycles. The molecule has 0 aliphatic heterocycles. The SMILES string of the molecule is COC(=O)C(NS(=O)(=O)c1ccc(F)cc1N)C(C)C. The van der Waals surface area contributed by atoms with Gasteiger partial charge in [0.2, 0.25) is 10.0 Å². The van der Waals surface area contributed by atoms with Gasteiger partial charge in [0.1, 0.15) is 16.8 Å². The third-order valence-electron chi connectivity index (χ3n) is 2.67. The number of nitrogens with one attached hydrogen (secondary N) is 1. The summed E-state index contributed by atoms with van der Waals surface area (Å²) in [5, 5.41) is 0. The second kappa shape index (κ2) is 6.19. The number of hydrogen-bond acceptors (Lipinski definition) is 5. The van der Waals surface area contributed by atoms with E-state index in [0.29, 0.717) is 0 Å². The molecule has 0 saturated carbocycles. The van der Waals surface area contributed by atoms with Crippen molar-refractivity contribution in [3.63, 3.8) is 0 Å². The molecule has 0 radical (unpaired) electrons. The van der Waals surface area contributed by atoms with Crippen LogP contribution in [0.15, 0.2) is 23.1 Å². The number of rotatable bonds is 5. The largest absolute Gasteiger partial charge is 0.468 e. The van der Waals surface area contributed by atoms with Gasteiger partial charge in [0, 0.05) is 0 Å². The van der Waals surface area contributed by atoms with E-state index in [-0.39, 0.29) is 16.5 Å². The summed E-state index contributed by atoms with van der Waals surface area (Å²) >= 11 is 0. The van der Waals surface area contributed by atoms with Gasteiger partial charge >= 0.3 is 5.97 Å². The Labute approximate surface area is 117 Å². The van der Waals surface area contributed by atoms with Gasteiger partial charge in [-0.3, -0.25) is 4.79 Å². The first-order chi connectivity index (χ1) is 9.19. The number of anilines is 1. The first-order valence-electron chi connectivity index (χ1n) is 5.84. The highest BCUT2D eigenvalue weighted by atomic mass is 32.2. The van der Waals surface area contributed by atoms with Gasteiger partial charge in [-0.1, -0.05) is 13.8 Å². The van der Waals surface area contributed by atoms with E-state index in [0.717, 1.165) is 25.3 Å². The van der Waals surface area contributed by atoms with E-state index in [1.807, 2.05) is 0 Å². The molecule has 1 aromatic rings. The number of carbonyl (C=O) groups excluding carboxylic acids is 1. The maximum Gasteiger partial charge on any atom is 0.324 e. The summed E-state index contributed by atoms with van der Waals surface area (Å²) in [6.45, 7) is 3.33. The number of benzene rings is 1. The average molecular weight is 304 g/mol. The van der Waals surface area contributed by atoms with Crippen LogP contribution in [0.5, 0.6) is 0 Å². The maximum atomic E-state index is 12.9. The van der Waals surface area contributed by atoms with E-state index in [4.69, 9.17) is 5.73 Å². The van der Waals surface area contributed by atoms with Gasteiger partial charge in [-0.05, 0) is 24.1 Å². The van der Waals surface area contributed by atoms with Crippen LogP contribution in [0.25, 0.3) is 0 Å². The standard InChI is InChI=1S/C12H17FN2O4S/c1-7(2)11(12(16)19-3)15-20(17,18)10-5-4-8(13)6-9(10)14/h4-7,11,15H,14H2,1-3H3. The third-order valence-corrected chi connectivity index (χ3v) is 4.18. The zero-order valence-corrected chi connectivity index (χ0v) is 12.2. The molecule has 0 amide bonds. The monoisotopic (exact) mass is 304 g/mol. The molecule has 0 aromatic heterocycles. The van der Waals surface area contributed by atoms with E-state index in [1.54, 1.807) is 13.8 Å². The van der Waals surface area contributed by atoms with Crippen molar-refractivity contribution < 1.29 is 22.3 Å². The van der Waals surface area contributed by atoms with Crippen LogP contribution >= 0.6 is 0 Å². The Hall–Kier alpha value is -1.67. The van der Waals surface area contributed by atoms with Gasteiger partial charge in [-0.2, -0.15) is 4.72 Å². The maximum absolute atomic E-state index is 12.9. The van der Waals surface area contributed by atoms with Crippen LogP contribution in [0, 0.1) is 11.7 Å². The molecule has 0 bridgehead atoms. The van der Waals surface area contributed by atoms with Crippen molar-refractivity contribution in [3.8, 4) is 0 Å². The molecular formula is C12H17FN2O4S. The molecule has 0 heterocycles. The highest BCUT2D eigenvalue weighted by molar-refractivity contribution is 7.89. The van der Waals surface area contributed by atoms with Crippen LogP contribution in [0.1, 0.15) is 13.8 Å². The predicted octanol–water partition coefficient (Wildman–Crippen LogP) is 0.884. The summed E-state index contributed by atoms with van der Waals surface area (Å²) in [5.74, 6) is -1.67. The molecule has 6 nitrogen and oxygen atoms in total. The lowest BCUT2D eigenvalue weighted by atomic mass is 10.1. The summed E-state index contributed by atoms with van der Waals surface area (Å²) in [5.41, 5.74) is 5.26. The van der Waals surface area contributed by atoms with Crippen molar-refractivity contribution in [2.45, 2.75) is 24.8 Å². The Morgan fingerprint density at radius 1 is 1.40 bits per heavy atom. The number of methoxy groups -OCH3 is 1. The van der Waals surface area contributed by atoms with Crippen LogP contribution in [-0.2, 0) is 19.6 Å². The Morgan fingerprint density at radius 2 is 2.00 bits per heavy atom. The molecular weight excluding hydrogens is 287 g/mol. The summed E-state index contributed by atoms with van der Waals surface area (Å²) in [7, 11) is -2.88. The smallest absolute Gasteiger partial charge is 0.324 e. The van der Waals surface area contributed by atoms with Crippen LogP contribution in [0.4, 0.5) is 10.1 Å². The lowest BCUT2D eigenvalue weighted by molar-refractivity contribution is -0.143. The highest BCUT2D eigenvalue weighted by Gasteiger charge is 2.30. The Balaban J connectivity index is 3.13. The molecule has 0 aliphatic rings. The number of nitrogens with two attached hydrogens (primary N) is 1. The number of sulfonamides is 1. The highest BCUT2D eigenvalue weighted by Crippen LogP contribution is 2.20. The quantitative estimate of drug-likeness (QED) is 0.621. The fourth-order valence-electron chi connectivity index (χ4n) is 1.58. The minimum absolute atomic E-state index is 0.232. The van der Waals surface area contributed by atoms with Crippen molar-refractivity contribution in [2.75, 3.05) is 12.8 Å². The van der Waals surface area contributed by atoms with Crippen molar-refractivity contribution in [2.24, 2.45) is 5.92 Å². The van der Waals surface area contributed by atoms with Gasteiger partial charge in [0.05, 0.1) is 12.8 Å². The van der Waals surface area contributed by atoms with Crippen molar-refractivity contribution >= 4 is 21.7 Å². The molecule has 8 heteroatoms. The fraction of sp³-hybridized carbons (Fsp3) is 0.417. The molecule has 112 valence electrons. The van der Waals surface area contributed by atoms with Gasteiger partial charge in [0.15, 0.2) is 0 Å². The predicted molar refractivity (Wildman–Crippen MR) is 71.8 cm³/mol. The zero-order valence-electron chi connectivity index (χ0n) is 11.4. The molecule has 1 aromatic carbocycles. The Bertz CT molecular complexity index is 601. The lowest BCUT2D eigenvalue weighted by Gasteiger charge is -2.20. The second-order valence-electron chi connectivity index (χ2n) is 4.55. The first kappa shape index (κ1) is 16.4. The van der Waals surface area contributed by atoms with Crippen molar-refractivity contribution in [3.05, 3.63) is 24.0 Å². The number of carbonyl (C=O) groups is 1. The molecule has 1 rings (SSSR count). The van der Waals surface area contributed by atoms with Gasteiger partial charge in [-0.25, -0.2) is 12.8 Å². The van der Waals surface area contributed by atoms with E-state index >= 15 is 0 Å². The van der Waals surface area contributed by atoms with Crippen LogP contribution in [0.3, 0.4) is 0 Å². The van der Waals surface area contributed by atoms with E-state index < -0.39 is 27.9 Å². The number of ether oxygens (including phenoxy) is 1. The Morgan fingerprint density at radius 3 is 2.45 bits per heavy atom. The minimum Gasteiger partial charge on any atom is -0.468 e. The van der Waals surface area contributed by atoms with Gasteiger partial charge in [0.25, 0.3) is 0 Å². The normalized spacial score (nSPS) is 13.2. The number of esters is 1. The van der Waals surface area contributed by atoms with Crippen LogP contribution in [-0.4, -0.2) is 27.5 Å².